The Morgan fingerprint density at radius 3 is 2.88 bits per heavy atom. The topological polar surface area (TPSA) is 47.7 Å². The predicted octanol–water partition coefficient (Wildman–Crippen LogP) is 0.605. The maximum absolute atomic E-state index is 6.41. The molecule has 0 bridgehead atoms. The summed E-state index contributed by atoms with van der Waals surface area (Å²) in [5, 5.41) is 0. The van der Waals surface area contributed by atoms with Crippen LogP contribution >= 0.6 is 0 Å². The van der Waals surface area contributed by atoms with E-state index in [9.17, 15) is 0 Å². The molecule has 16 heavy (non-hydrogen) atoms. The molecule has 2 N–H and O–H groups in total. The summed E-state index contributed by atoms with van der Waals surface area (Å²) in [5.74, 6) is 0. The van der Waals surface area contributed by atoms with Gasteiger partial charge in [0.25, 0.3) is 0 Å². The monoisotopic (exact) mass is 228 g/mol. The van der Waals surface area contributed by atoms with Crippen molar-refractivity contribution < 1.29 is 9.47 Å². The average Bonchev–Trinajstić information content (AvgIpc) is 2.29. The molecule has 2 aliphatic heterocycles. The molecule has 4 heteroatoms. The van der Waals surface area contributed by atoms with Gasteiger partial charge < -0.3 is 15.2 Å². The number of piperidine rings is 1. The van der Waals surface area contributed by atoms with Gasteiger partial charge in [0.2, 0.25) is 0 Å². The number of methoxy groups -OCH3 is 1. The quantitative estimate of drug-likeness (QED) is 0.768. The maximum Gasteiger partial charge on any atom is 0.0698 e. The van der Waals surface area contributed by atoms with Gasteiger partial charge in [-0.1, -0.05) is 0 Å². The van der Waals surface area contributed by atoms with Crippen LogP contribution in [0.25, 0.3) is 0 Å². The van der Waals surface area contributed by atoms with Gasteiger partial charge in [-0.2, -0.15) is 0 Å². The zero-order chi connectivity index (χ0) is 11.4. The predicted molar refractivity (Wildman–Crippen MR) is 63.4 cm³/mol. The van der Waals surface area contributed by atoms with E-state index in [1.54, 1.807) is 7.11 Å². The van der Waals surface area contributed by atoms with Crippen molar-refractivity contribution >= 4 is 0 Å². The minimum Gasteiger partial charge on any atom is -0.381 e. The fourth-order valence-corrected chi connectivity index (χ4v) is 2.73. The summed E-state index contributed by atoms with van der Waals surface area (Å²) in [6.45, 7) is 4.84. The van der Waals surface area contributed by atoms with Crippen LogP contribution in [-0.2, 0) is 9.47 Å². The molecule has 0 saturated carbocycles. The molecule has 2 saturated heterocycles. The molecule has 1 unspecified atom stereocenters. The number of hydrogen-bond donors (Lipinski definition) is 1. The van der Waals surface area contributed by atoms with E-state index in [0.29, 0.717) is 6.10 Å². The molecule has 0 aromatic heterocycles. The van der Waals surface area contributed by atoms with Crippen molar-refractivity contribution in [2.75, 3.05) is 40.0 Å². The van der Waals surface area contributed by atoms with Crippen LogP contribution in [0.4, 0.5) is 0 Å². The van der Waals surface area contributed by atoms with Crippen molar-refractivity contribution in [1.82, 2.24) is 4.90 Å². The van der Waals surface area contributed by atoms with Crippen molar-refractivity contribution in [2.24, 2.45) is 5.73 Å². The van der Waals surface area contributed by atoms with E-state index in [1.807, 2.05) is 0 Å². The van der Waals surface area contributed by atoms with Gasteiger partial charge in [-0.05, 0) is 32.2 Å². The third kappa shape index (κ3) is 3.17. The van der Waals surface area contributed by atoms with Crippen molar-refractivity contribution in [2.45, 2.75) is 37.3 Å². The van der Waals surface area contributed by atoms with Gasteiger partial charge in [-0.3, -0.25) is 4.90 Å². The number of rotatable bonds is 3. The van der Waals surface area contributed by atoms with Crippen LogP contribution < -0.4 is 5.73 Å². The summed E-state index contributed by atoms with van der Waals surface area (Å²) in [5.41, 5.74) is 6.38. The molecule has 0 aromatic carbocycles. The molecular formula is C12H24N2O2. The molecule has 2 aliphatic rings. The Hall–Kier alpha value is -0.160. The minimum absolute atomic E-state index is 0.0338. The highest BCUT2D eigenvalue weighted by Crippen LogP contribution is 2.21. The zero-order valence-corrected chi connectivity index (χ0v) is 10.3. The van der Waals surface area contributed by atoms with Crippen LogP contribution in [0.5, 0.6) is 0 Å². The number of nitrogens with two attached hydrogens (primary N) is 1. The van der Waals surface area contributed by atoms with Gasteiger partial charge >= 0.3 is 0 Å². The molecule has 2 fully saturated rings. The summed E-state index contributed by atoms with van der Waals surface area (Å²) >= 11 is 0. The number of nitrogens with zero attached hydrogens (tertiary/aromatic N) is 1. The first kappa shape index (κ1) is 12.3. The van der Waals surface area contributed by atoms with Crippen LogP contribution in [0.15, 0.2) is 0 Å². The van der Waals surface area contributed by atoms with Crippen molar-refractivity contribution in [3.05, 3.63) is 0 Å². The second-order valence-corrected chi connectivity index (χ2v) is 5.21. The van der Waals surface area contributed by atoms with E-state index in [4.69, 9.17) is 15.2 Å². The van der Waals surface area contributed by atoms with Gasteiger partial charge in [0.1, 0.15) is 0 Å². The highest BCUT2D eigenvalue weighted by molar-refractivity contribution is 4.91. The average molecular weight is 228 g/mol. The van der Waals surface area contributed by atoms with E-state index in [0.717, 1.165) is 39.1 Å². The van der Waals surface area contributed by atoms with Gasteiger partial charge in [0, 0.05) is 39.0 Å². The van der Waals surface area contributed by atoms with E-state index in [2.05, 4.69) is 4.90 Å². The lowest BCUT2D eigenvalue weighted by molar-refractivity contribution is 0.00175. The molecule has 0 aliphatic carbocycles. The molecule has 4 nitrogen and oxygen atoms in total. The lowest BCUT2D eigenvalue weighted by Gasteiger charge is -2.40. The van der Waals surface area contributed by atoms with Gasteiger partial charge in [0.05, 0.1) is 6.10 Å². The van der Waals surface area contributed by atoms with Gasteiger partial charge in [-0.25, -0.2) is 0 Å². The fraction of sp³-hybridized carbons (Fsp3) is 1.00. The second kappa shape index (κ2) is 5.45. The van der Waals surface area contributed by atoms with Crippen LogP contribution in [0.2, 0.25) is 0 Å². The Kier molecular flexibility index (Phi) is 4.19. The Labute approximate surface area is 98.1 Å². The number of hydrogen-bond acceptors (Lipinski definition) is 4. The third-order valence-corrected chi connectivity index (χ3v) is 3.82. The second-order valence-electron chi connectivity index (χ2n) is 5.21. The third-order valence-electron chi connectivity index (χ3n) is 3.82. The van der Waals surface area contributed by atoms with Crippen molar-refractivity contribution in [3.63, 3.8) is 0 Å². The smallest absolute Gasteiger partial charge is 0.0698 e. The zero-order valence-electron chi connectivity index (χ0n) is 10.3. The number of likely N-dealkylation sites (tertiary alicyclic amines) is 1. The first-order chi connectivity index (χ1) is 7.72. The van der Waals surface area contributed by atoms with Crippen LogP contribution in [0.3, 0.4) is 0 Å². The highest BCUT2D eigenvalue weighted by Gasteiger charge is 2.32. The normalized spacial score (nSPS) is 31.5. The van der Waals surface area contributed by atoms with Crippen LogP contribution in [0, 0.1) is 0 Å². The Morgan fingerprint density at radius 1 is 1.44 bits per heavy atom. The van der Waals surface area contributed by atoms with Crippen molar-refractivity contribution in [1.29, 1.82) is 0 Å². The molecule has 0 radical (unpaired) electrons. The van der Waals surface area contributed by atoms with Gasteiger partial charge in [0.15, 0.2) is 0 Å². The van der Waals surface area contributed by atoms with Crippen molar-refractivity contribution in [3.8, 4) is 0 Å². The molecule has 94 valence electrons. The minimum atomic E-state index is -0.0338. The number of ether oxygens (including phenoxy) is 2. The Morgan fingerprint density at radius 2 is 2.19 bits per heavy atom. The standard InChI is InChI=1S/C12H24N2O2/c1-15-11-3-2-6-14(9-11)10-12(13)4-7-16-8-5-12/h11H,2-10,13H2,1H3. The largest absolute Gasteiger partial charge is 0.381 e. The maximum atomic E-state index is 6.41. The lowest BCUT2D eigenvalue weighted by atomic mass is 9.90. The van der Waals surface area contributed by atoms with Gasteiger partial charge in [-0.15, -0.1) is 0 Å². The molecule has 2 heterocycles. The first-order valence-corrected chi connectivity index (χ1v) is 6.34. The van der Waals surface area contributed by atoms with E-state index in [-0.39, 0.29) is 5.54 Å². The summed E-state index contributed by atoms with van der Waals surface area (Å²) in [6, 6.07) is 0. The highest BCUT2D eigenvalue weighted by atomic mass is 16.5. The SMILES string of the molecule is COC1CCCN(CC2(N)CCOCC2)C1. The Balaban J connectivity index is 1.83. The molecule has 0 spiro atoms. The lowest BCUT2D eigenvalue weighted by Crippen LogP contribution is -2.55. The molecule has 0 amide bonds. The van der Waals surface area contributed by atoms with E-state index < -0.39 is 0 Å². The summed E-state index contributed by atoms with van der Waals surface area (Å²) < 4.78 is 10.8. The summed E-state index contributed by atoms with van der Waals surface area (Å²) in [7, 11) is 1.81. The first-order valence-electron chi connectivity index (χ1n) is 6.34. The molecule has 1 atom stereocenters. The van der Waals surface area contributed by atoms with Crippen LogP contribution in [-0.4, -0.2) is 56.5 Å². The van der Waals surface area contributed by atoms with E-state index in [1.165, 1.54) is 19.4 Å². The molecular weight excluding hydrogens is 204 g/mol. The molecule has 2 rings (SSSR count). The van der Waals surface area contributed by atoms with Crippen LogP contribution in [0.1, 0.15) is 25.7 Å². The molecule has 0 aromatic rings. The Bertz CT molecular complexity index is 217. The summed E-state index contributed by atoms with van der Waals surface area (Å²) in [6.07, 6.45) is 4.79. The van der Waals surface area contributed by atoms with E-state index >= 15 is 0 Å². The summed E-state index contributed by atoms with van der Waals surface area (Å²) in [4.78, 5) is 2.46. The fourth-order valence-electron chi connectivity index (χ4n) is 2.73.